The maximum Gasteiger partial charge on any atom is 0.338 e. The lowest BCUT2D eigenvalue weighted by atomic mass is 10.1. The van der Waals surface area contributed by atoms with Crippen molar-refractivity contribution in [2.45, 2.75) is 13.8 Å². The lowest BCUT2D eigenvalue weighted by Gasteiger charge is -2.17. The van der Waals surface area contributed by atoms with Crippen molar-refractivity contribution >= 4 is 35.3 Å². The SMILES string of the molecule is COc1ccc(C(=O)NC(=O)COC(=O)c2ccc3c(c2)C(=O)N(c2cc(C)ccc2C)C3=O)cc1. The van der Waals surface area contributed by atoms with Gasteiger partial charge in [0, 0.05) is 5.56 Å². The Morgan fingerprint density at radius 1 is 0.833 bits per heavy atom. The molecule has 0 bridgehead atoms. The highest BCUT2D eigenvalue weighted by Gasteiger charge is 2.38. The molecule has 1 aliphatic heterocycles. The number of ether oxygens (including phenoxy) is 2. The van der Waals surface area contributed by atoms with E-state index in [1.807, 2.05) is 19.1 Å². The first-order chi connectivity index (χ1) is 17.2. The number of fused-ring (bicyclic) bond motifs is 1. The van der Waals surface area contributed by atoms with Gasteiger partial charge in [-0.1, -0.05) is 12.1 Å². The number of aryl methyl sites for hydroxylation is 2. The molecule has 0 spiro atoms. The molecule has 3 aromatic carbocycles. The Labute approximate surface area is 206 Å². The van der Waals surface area contributed by atoms with Gasteiger partial charge in [-0.15, -0.1) is 0 Å². The summed E-state index contributed by atoms with van der Waals surface area (Å²) in [6.45, 7) is 2.95. The van der Waals surface area contributed by atoms with Gasteiger partial charge in [0.2, 0.25) is 0 Å². The molecule has 0 saturated carbocycles. The minimum Gasteiger partial charge on any atom is -0.497 e. The normalized spacial score (nSPS) is 12.2. The summed E-state index contributed by atoms with van der Waals surface area (Å²) in [5.74, 6) is -2.85. The number of nitrogens with zero attached hydrogens (tertiary/aromatic N) is 1. The number of esters is 1. The fourth-order valence-electron chi connectivity index (χ4n) is 3.74. The van der Waals surface area contributed by atoms with Crippen LogP contribution < -0.4 is 15.0 Å². The molecule has 36 heavy (non-hydrogen) atoms. The average Bonchev–Trinajstić information content (AvgIpc) is 3.13. The third-order valence-corrected chi connectivity index (χ3v) is 5.67. The van der Waals surface area contributed by atoms with Gasteiger partial charge in [0.05, 0.1) is 29.5 Å². The van der Waals surface area contributed by atoms with Crippen molar-refractivity contribution in [3.05, 3.63) is 94.0 Å². The summed E-state index contributed by atoms with van der Waals surface area (Å²) in [6.07, 6.45) is 0. The summed E-state index contributed by atoms with van der Waals surface area (Å²) < 4.78 is 10.0. The fourth-order valence-corrected chi connectivity index (χ4v) is 3.74. The van der Waals surface area contributed by atoms with E-state index in [4.69, 9.17) is 9.47 Å². The molecule has 1 heterocycles. The Bertz CT molecular complexity index is 1410. The number of carbonyl (C=O) groups excluding carboxylic acids is 5. The number of benzene rings is 3. The second-order valence-corrected chi connectivity index (χ2v) is 8.18. The standard InChI is InChI=1S/C27H22N2O7/c1-15-4-5-16(2)22(12-15)29-25(32)20-11-8-18(13-21(20)26(29)33)27(34)36-14-23(30)28-24(31)17-6-9-19(35-3)10-7-17/h4-13H,14H2,1-3H3,(H,28,30,31). The molecule has 1 aliphatic rings. The van der Waals surface area contributed by atoms with Crippen molar-refractivity contribution in [1.29, 1.82) is 0 Å². The van der Waals surface area contributed by atoms with E-state index in [0.29, 0.717) is 11.4 Å². The van der Waals surface area contributed by atoms with E-state index in [2.05, 4.69) is 5.32 Å². The Balaban J connectivity index is 1.42. The van der Waals surface area contributed by atoms with Gasteiger partial charge in [-0.25, -0.2) is 9.69 Å². The van der Waals surface area contributed by atoms with Gasteiger partial charge in [0.25, 0.3) is 23.6 Å². The van der Waals surface area contributed by atoms with Gasteiger partial charge in [-0.3, -0.25) is 24.5 Å². The van der Waals surface area contributed by atoms with Crippen molar-refractivity contribution < 1.29 is 33.4 Å². The molecular formula is C27H22N2O7. The summed E-state index contributed by atoms with van der Waals surface area (Å²) in [6, 6.07) is 15.6. The second-order valence-electron chi connectivity index (χ2n) is 8.18. The lowest BCUT2D eigenvalue weighted by Crippen LogP contribution is -2.34. The molecule has 182 valence electrons. The number of amides is 4. The van der Waals surface area contributed by atoms with Crippen LogP contribution in [-0.4, -0.2) is 43.3 Å². The zero-order valence-electron chi connectivity index (χ0n) is 19.8. The first-order valence-electron chi connectivity index (χ1n) is 10.9. The summed E-state index contributed by atoms with van der Waals surface area (Å²) in [7, 11) is 1.49. The predicted octanol–water partition coefficient (Wildman–Crippen LogP) is 3.23. The van der Waals surface area contributed by atoms with Gasteiger partial charge in [0.15, 0.2) is 6.61 Å². The maximum atomic E-state index is 13.1. The topological polar surface area (TPSA) is 119 Å². The molecule has 9 heteroatoms. The van der Waals surface area contributed by atoms with Crippen LogP contribution in [0.2, 0.25) is 0 Å². The number of methoxy groups -OCH3 is 1. The number of imide groups is 2. The highest BCUT2D eigenvalue weighted by molar-refractivity contribution is 6.35. The number of hydrogen-bond acceptors (Lipinski definition) is 7. The molecule has 0 saturated heterocycles. The lowest BCUT2D eigenvalue weighted by molar-refractivity contribution is -0.123. The quantitative estimate of drug-likeness (QED) is 0.420. The first kappa shape index (κ1) is 24.3. The summed E-state index contributed by atoms with van der Waals surface area (Å²) in [5.41, 5.74) is 2.57. The van der Waals surface area contributed by atoms with E-state index < -0.39 is 36.2 Å². The van der Waals surface area contributed by atoms with Gasteiger partial charge in [0.1, 0.15) is 5.75 Å². The number of nitrogens with one attached hydrogen (secondary N) is 1. The molecule has 4 amide bonds. The number of hydrogen-bond donors (Lipinski definition) is 1. The number of rotatable bonds is 6. The largest absolute Gasteiger partial charge is 0.497 e. The molecule has 0 unspecified atom stereocenters. The van der Waals surface area contributed by atoms with E-state index in [9.17, 15) is 24.0 Å². The van der Waals surface area contributed by atoms with E-state index in [0.717, 1.165) is 16.0 Å². The highest BCUT2D eigenvalue weighted by Crippen LogP contribution is 2.31. The van der Waals surface area contributed by atoms with E-state index in [1.165, 1.54) is 37.4 Å². The van der Waals surface area contributed by atoms with Crippen LogP contribution in [0.25, 0.3) is 0 Å². The average molecular weight is 486 g/mol. The molecule has 9 nitrogen and oxygen atoms in total. The zero-order chi connectivity index (χ0) is 26.0. The number of carbonyl (C=O) groups is 5. The van der Waals surface area contributed by atoms with Crippen molar-refractivity contribution in [2.24, 2.45) is 0 Å². The van der Waals surface area contributed by atoms with Crippen LogP contribution in [0, 0.1) is 13.8 Å². The Morgan fingerprint density at radius 3 is 2.19 bits per heavy atom. The zero-order valence-corrected chi connectivity index (χ0v) is 19.8. The molecule has 0 radical (unpaired) electrons. The minimum atomic E-state index is -0.879. The third-order valence-electron chi connectivity index (χ3n) is 5.67. The Hall–Kier alpha value is -4.79. The molecule has 0 aromatic heterocycles. The first-order valence-corrected chi connectivity index (χ1v) is 10.9. The molecule has 3 aromatic rings. The van der Waals surface area contributed by atoms with Gasteiger partial charge in [-0.2, -0.15) is 0 Å². The van der Waals surface area contributed by atoms with Crippen LogP contribution in [-0.2, 0) is 9.53 Å². The maximum absolute atomic E-state index is 13.1. The molecule has 4 rings (SSSR count). The van der Waals surface area contributed by atoms with E-state index in [-0.39, 0.29) is 22.3 Å². The van der Waals surface area contributed by atoms with E-state index in [1.54, 1.807) is 25.1 Å². The second kappa shape index (κ2) is 9.83. The van der Waals surface area contributed by atoms with E-state index >= 15 is 0 Å². The van der Waals surface area contributed by atoms with Gasteiger partial charge in [-0.05, 0) is 73.5 Å². The number of anilines is 1. The molecule has 0 fully saturated rings. The predicted molar refractivity (Wildman–Crippen MR) is 129 cm³/mol. The monoisotopic (exact) mass is 486 g/mol. The van der Waals surface area contributed by atoms with Gasteiger partial charge >= 0.3 is 5.97 Å². The fraction of sp³-hybridized carbons (Fsp3) is 0.148. The summed E-state index contributed by atoms with van der Waals surface area (Å²) >= 11 is 0. The van der Waals surface area contributed by atoms with Crippen LogP contribution in [0.15, 0.2) is 60.7 Å². The van der Waals surface area contributed by atoms with Crippen molar-refractivity contribution in [2.75, 3.05) is 18.6 Å². The van der Waals surface area contributed by atoms with Crippen LogP contribution in [0.4, 0.5) is 5.69 Å². The van der Waals surface area contributed by atoms with Crippen LogP contribution >= 0.6 is 0 Å². The van der Waals surface area contributed by atoms with Crippen LogP contribution in [0.5, 0.6) is 5.75 Å². The van der Waals surface area contributed by atoms with Gasteiger partial charge < -0.3 is 9.47 Å². The Kier molecular flexibility index (Phi) is 6.64. The third kappa shape index (κ3) is 4.72. The van der Waals surface area contributed by atoms with Crippen molar-refractivity contribution in [3.8, 4) is 5.75 Å². The van der Waals surface area contributed by atoms with Crippen molar-refractivity contribution in [1.82, 2.24) is 5.32 Å². The van der Waals surface area contributed by atoms with Crippen molar-refractivity contribution in [3.63, 3.8) is 0 Å². The summed E-state index contributed by atoms with van der Waals surface area (Å²) in [4.78, 5) is 63.8. The Morgan fingerprint density at radius 2 is 1.50 bits per heavy atom. The smallest absolute Gasteiger partial charge is 0.338 e. The van der Waals surface area contributed by atoms with Crippen LogP contribution in [0.3, 0.4) is 0 Å². The molecular weight excluding hydrogens is 464 g/mol. The summed E-state index contributed by atoms with van der Waals surface area (Å²) in [5, 5.41) is 2.13. The van der Waals surface area contributed by atoms with Crippen LogP contribution in [0.1, 0.15) is 52.6 Å². The highest BCUT2D eigenvalue weighted by atomic mass is 16.5. The minimum absolute atomic E-state index is 0.00741. The molecule has 1 N–H and O–H groups in total. The molecule has 0 atom stereocenters. The molecule has 0 aliphatic carbocycles.